The smallest absolute Gasteiger partial charge is 0.319 e. The minimum absolute atomic E-state index is 0.104. The summed E-state index contributed by atoms with van der Waals surface area (Å²) in [5.74, 6) is -0.354. The Labute approximate surface area is 166 Å². The zero-order valence-corrected chi connectivity index (χ0v) is 15.4. The fraction of sp³-hybridized carbons (Fsp3) is 0.250. The molecule has 0 radical (unpaired) electrons. The van der Waals surface area contributed by atoms with E-state index in [1.165, 1.54) is 12.1 Å². The molecule has 4 rings (SSSR count). The molecule has 2 amide bonds. The lowest BCUT2D eigenvalue weighted by Gasteiger charge is -2.21. The molecule has 0 aliphatic carbocycles. The van der Waals surface area contributed by atoms with Gasteiger partial charge in [0, 0.05) is 11.3 Å². The van der Waals surface area contributed by atoms with E-state index in [0.29, 0.717) is 16.9 Å². The number of benzene rings is 2. The lowest BCUT2D eigenvalue weighted by Crippen LogP contribution is -2.49. The van der Waals surface area contributed by atoms with Crippen LogP contribution in [0.2, 0.25) is 0 Å². The van der Waals surface area contributed by atoms with Crippen molar-refractivity contribution >= 4 is 11.7 Å². The van der Waals surface area contributed by atoms with Crippen molar-refractivity contribution in [1.82, 2.24) is 20.3 Å². The van der Waals surface area contributed by atoms with Crippen molar-refractivity contribution in [2.75, 3.05) is 11.9 Å². The van der Waals surface area contributed by atoms with Gasteiger partial charge in [-0.2, -0.15) is 0 Å². The van der Waals surface area contributed by atoms with E-state index in [0.717, 1.165) is 0 Å². The maximum Gasteiger partial charge on any atom is 0.319 e. The Morgan fingerprint density at radius 2 is 2.07 bits per heavy atom. The van der Waals surface area contributed by atoms with Crippen LogP contribution in [0, 0.1) is 5.82 Å². The molecule has 29 heavy (non-hydrogen) atoms. The van der Waals surface area contributed by atoms with E-state index < -0.39 is 24.3 Å². The molecule has 3 N–H and O–H groups in total. The SMILES string of the molecule is O=C(Nc1ccccc1)N[C@@H]1[C@@H](O)CO[C@@H]1Cn1cc(-c2cccc(F)c2)nn1. The van der Waals surface area contributed by atoms with Gasteiger partial charge in [-0.1, -0.05) is 35.5 Å². The topological polar surface area (TPSA) is 101 Å². The summed E-state index contributed by atoms with van der Waals surface area (Å²) in [5.41, 5.74) is 1.78. The Morgan fingerprint density at radius 1 is 1.24 bits per heavy atom. The molecular formula is C20H20FN5O3. The van der Waals surface area contributed by atoms with Crippen molar-refractivity contribution in [3.05, 3.63) is 66.6 Å². The van der Waals surface area contributed by atoms with E-state index in [4.69, 9.17) is 4.74 Å². The maximum atomic E-state index is 13.4. The summed E-state index contributed by atoms with van der Waals surface area (Å²) in [4.78, 5) is 12.3. The van der Waals surface area contributed by atoms with Gasteiger partial charge >= 0.3 is 6.03 Å². The quantitative estimate of drug-likeness (QED) is 0.612. The Hall–Kier alpha value is -3.30. The van der Waals surface area contributed by atoms with Crippen molar-refractivity contribution in [3.63, 3.8) is 0 Å². The molecular weight excluding hydrogens is 377 g/mol. The molecule has 3 atom stereocenters. The second kappa shape index (κ2) is 8.38. The number of carbonyl (C=O) groups excluding carboxylic acids is 1. The fourth-order valence-corrected chi connectivity index (χ4v) is 3.22. The summed E-state index contributed by atoms with van der Waals surface area (Å²) in [6, 6.07) is 14.0. The zero-order chi connectivity index (χ0) is 20.2. The summed E-state index contributed by atoms with van der Waals surface area (Å²) in [5, 5.41) is 23.8. The third kappa shape index (κ3) is 4.58. The van der Waals surface area contributed by atoms with Crippen LogP contribution in [0.1, 0.15) is 0 Å². The van der Waals surface area contributed by atoms with Crippen molar-refractivity contribution in [2.24, 2.45) is 0 Å². The third-order valence-electron chi connectivity index (χ3n) is 4.65. The van der Waals surface area contributed by atoms with Crippen LogP contribution >= 0.6 is 0 Å². The molecule has 0 saturated carbocycles. The van der Waals surface area contributed by atoms with Gasteiger partial charge in [0.05, 0.1) is 25.4 Å². The Bertz CT molecular complexity index is 981. The summed E-state index contributed by atoms with van der Waals surface area (Å²) in [6.45, 7) is 0.377. The molecule has 150 valence electrons. The van der Waals surface area contributed by atoms with Gasteiger partial charge in [-0.05, 0) is 24.3 Å². The standard InChI is InChI=1S/C20H20FN5O3/c21-14-6-4-5-13(9-14)16-10-26(25-24-16)11-18-19(17(27)12-29-18)23-20(28)22-15-7-2-1-3-8-15/h1-10,17-19,27H,11-12H2,(H2,22,23,28)/t17-,18+,19+/m0/s1. The number of aliphatic hydroxyl groups is 1. The number of hydrogen-bond donors (Lipinski definition) is 3. The lowest BCUT2D eigenvalue weighted by atomic mass is 10.1. The van der Waals surface area contributed by atoms with E-state index in [1.807, 2.05) is 18.2 Å². The van der Waals surface area contributed by atoms with Gasteiger partial charge in [0.15, 0.2) is 0 Å². The number of ether oxygens (including phenoxy) is 1. The number of halogens is 1. The molecule has 3 aromatic rings. The molecule has 0 bridgehead atoms. The largest absolute Gasteiger partial charge is 0.388 e. The predicted octanol–water partition coefficient (Wildman–Crippen LogP) is 2.03. The third-order valence-corrected chi connectivity index (χ3v) is 4.65. The van der Waals surface area contributed by atoms with Crippen LogP contribution in [0.4, 0.5) is 14.9 Å². The number of nitrogens with zero attached hydrogens (tertiary/aromatic N) is 3. The molecule has 0 unspecified atom stereocenters. The number of para-hydroxylation sites is 1. The molecule has 2 heterocycles. The second-order valence-corrected chi connectivity index (χ2v) is 6.77. The van der Waals surface area contributed by atoms with Gasteiger partial charge < -0.3 is 20.5 Å². The highest BCUT2D eigenvalue weighted by Crippen LogP contribution is 2.20. The molecule has 2 aromatic carbocycles. The maximum absolute atomic E-state index is 13.4. The number of amides is 2. The van der Waals surface area contributed by atoms with Crippen molar-refractivity contribution < 1.29 is 19.0 Å². The minimum atomic E-state index is -0.840. The molecule has 1 aromatic heterocycles. The monoisotopic (exact) mass is 397 g/mol. The zero-order valence-electron chi connectivity index (χ0n) is 15.4. The van der Waals surface area contributed by atoms with Crippen LogP contribution in [0.3, 0.4) is 0 Å². The van der Waals surface area contributed by atoms with Crippen LogP contribution in [0.25, 0.3) is 11.3 Å². The first kappa shape index (κ1) is 19.0. The number of carbonyl (C=O) groups is 1. The van der Waals surface area contributed by atoms with Crippen LogP contribution in [-0.2, 0) is 11.3 Å². The average Bonchev–Trinajstić information content (AvgIpc) is 3.31. The van der Waals surface area contributed by atoms with Crippen LogP contribution in [0.5, 0.6) is 0 Å². The minimum Gasteiger partial charge on any atom is -0.388 e. The van der Waals surface area contributed by atoms with Crippen LogP contribution in [-0.4, -0.2) is 51.0 Å². The van der Waals surface area contributed by atoms with Gasteiger partial charge in [-0.15, -0.1) is 5.10 Å². The number of rotatable bonds is 5. The van der Waals surface area contributed by atoms with E-state index in [9.17, 15) is 14.3 Å². The molecule has 1 aliphatic heterocycles. The molecule has 1 saturated heterocycles. The summed E-state index contributed by atoms with van der Waals surface area (Å²) in [6.07, 6.45) is 0.338. The predicted molar refractivity (Wildman–Crippen MR) is 104 cm³/mol. The van der Waals surface area contributed by atoms with Crippen molar-refractivity contribution in [1.29, 1.82) is 0 Å². The van der Waals surface area contributed by atoms with Gasteiger partial charge in [-0.25, -0.2) is 13.9 Å². The van der Waals surface area contributed by atoms with Gasteiger partial charge in [0.1, 0.15) is 23.7 Å². The van der Waals surface area contributed by atoms with E-state index in [2.05, 4.69) is 20.9 Å². The first-order chi connectivity index (χ1) is 14.1. The lowest BCUT2D eigenvalue weighted by molar-refractivity contribution is 0.0748. The fourth-order valence-electron chi connectivity index (χ4n) is 3.22. The van der Waals surface area contributed by atoms with Crippen molar-refractivity contribution in [3.8, 4) is 11.3 Å². The summed E-state index contributed by atoms with van der Waals surface area (Å²) in [7, 11) is 0. The number of urea groups is 1. The Kier molecular flexibility index (Phi) is 5.50. The number of nitrogens with one attached hydrogen (secondary N) is 2. The molecule has 1 aliphatic rings. The number of aliphatic hydroxyl groups excluding tert-OH is 1. The van der Waals surface area contributed by atoms with Crippen LogP contribution < -0.4 is 10.6 Å². The first-order valence-electron chi connectivity index (χ1n) is 9.17. The highest BCUT2D eigenvalue weighted by Gasteiger charge is 2.37. The van der Waals surface area contributed by atoms with Crippen molar-refractivity contribution in [2.45, 2.75) is 24.8 Å². The molecule has 0 spiro atoms. The Morgan fingerprint density at radius 3 is 2.86 bits per heavy atom. The number of anilines is 1. The summed E-state index contributed by atoms with van der Waals surface area (Å²) < 4.78 is 20.6. The number of aromatic nitrogens is 3. The highest BCUT2D eigenvalue weighted by atomic mass is 19.1. The van der Waals surface area contributed by atoms with E-state index in [-0.39, 0.29) is 19.0 Å². The van der Waals surface area contributed by atoms with Gasteiger partial charge in [0.25, 0.3) is 0 Å². The first-order valence-corrected chi connectivity index (χ1v) is 9.17. The Balaban J connectivity index is 1.41. The normalized spacial score (nSPS) is 21.1. The molecule has 8 nitrogen and oxygen atoms in total. The van der Waals surface area contributed by atoms with E-state index >= 15 is 0 Å². The highest BCUT2D eigenvalue weighted by molar-refractivity contribution is 5.89. The molecule has 9 heteroatoms. The number of hydrogen-bond acceptors (Lipinski definition) is 5. The van der Waals surface area contributed by atoms with E-state index in [1.54, 1.807) is 35.1 Å². The van der Waals surface area contributed by atoms with Gasteiger partial charge in [-0.3, -0.25) is 0 Å². The van der Waals surface area contributed by atoms with Crippen LogP contribution in [0.15, 0.2) is 60.8 Å². The summed E-state index contributed by atoms with van der Waals surface area (Å²) >= 11 is 0. The second-order valence-electron chi connectivity index (χ2n) is 6.77. The van der Waals surface area contributed by atoms with Gasteiger partial charge in [0.2, 0.25) is 0 Å². The average molecular weight is 397 g/mol. The molecule has 1 fully saturated rings.